The molecule has 0 saturated heterocycles. The predicted octanol–water partition coefficient (Wildman–Crippen LogP) is 11.4. The topological polar surface area (TPSA) is 124 Å². The van der Waals surface area contributed by atoms with Crippen molar-refractivity contribution >= 4 is 16.0 Å². The maximum atomic E-state index is 12.6. The number of amides is 1. The quantitative estimate of drug-likeness (QED) is 0.0371. The Morgan fingerprint density at radius 3 is 1.02 bits per heavy atom. The molecule has 0 fully saturated rings. The molecule has 0 aromatic carbocycles. The fourth-order valence-corrected chi connectivity index (χ4v) is 7.63. The first-order chi connectivity index (χ1) is 23.7. The lowest BCUT2D eigenvalue weighted by atomic mass is 10.0. The SMILES string of the molecule is CCCCCCCCCCCCCCCCCCCCCCCC(O)C(=O)NC(CS(=O)(=O)O)C(O)CCCCCCCCCCCCC. The second kappa shape index (κ2) is 35.7. The second-order valence-electron chi connectivity index (χ2n) is 15.1. The molecule has 0 heterocycles. The van der Waals surface area contributed by atoms with Crippen molar-refractivity contribution in [3.05, 3.63) is 0 Å². The summed E-state index contributed by atoms with van der Waals surface area (Å²) >= 11 is 0. The molecule has 7 nitrogen and oxygen atoms in total. The third kappa shape index (κ3) is 35.5. The standard InChI is InChI=1S/C41H83NO6S/c1-3-5-7-9-11-13-15-16-17-18-19-20-21-22-23-24-26-28-30-32-34-36-40(44)41(45)42-38(37-49(46,47)48)39(43)35-33-31-29-27-25-14-12-10-8-6-4-2/h38-40,43-44H,3-37H2,1-2H3,(H,42,45)(H,46,47,48). The Balaban J connectivity index is 3.85. The van der Waals surface area contributed by atoms with Gasteiger partial charge in [0.05, 0.1) is 17.9 Å². The molecule has 0 bridgehead atoms. The maximum absolute atomic E-state index is 12.6. The molecule has 3 atom stereocenters. The van der Waals surface area contributed by atoms with Gasteiger partial charge in [0.1, 0.15) is 6.10 Å². The van der Waals surface area contributed by atoms with Crippen molar-refractivity contribution in [2.24, 2.45) is 0 Å². The van der Waals surface area contributed by atoms with E-state index in [2.05, 4.69) is 19.2 Å². The molecular formula is C41H83NO6S. The van der Waals surface area contributed by atoms with Gasteiger partial charge in [-0.05, 0) is 12.8 Å². The van der Waals surface area contributed by atoms with E-state index >= 15 is 0 Å². The van der Waals surface area contributed by atoms with Gasteiger partial charge in [-0.25, -0.2) is 0 Å². The van der Waals surface area contributed by atoms with Crippen molar-refractivity contribution < 1.29 is 28.0 Å². The first-order valence-electron chi connectivity index (χ1n) is 21.3. The number of aliphatic hydroxyl groups is 2. The van der Waals surface area contributed by atoms with Gasteiger partial charge in [0.15, 0.2) is 0 Å². The normalized spacial score (nSPS) is 13.8. The highest BCUT2D eigenvalue weighted by Crippen LogP contribution is 2.17. The summed E-state index contributed by atoms with van der Waals surface area (Å²) in [6, 6.07) is -1.14. The van der Waals surface area contributed by atoms with Gasteiger partial charge in [0.25, 0.3) is 10.1 Å². The Kier molecular flexibility index (Phi) is 35.2. The molecule has 0 rings (SSSR count). The Hall–Kier alpha value is -0.700. The van der Waals surface area contributed by atoms with Crippen LogP contribution in [-0.2, 0) is 14.9 Å². The highest BCUT2D eigenvalue weighted by molar-refractivity contribution is 7.85. The molecule has 0 saturated carbocycles. The molecule has 0 aliphatic rings. The molecule has 8 heteroatoms. The van der Waals surface area contributed by atoms with Crippen molar-refractivity contribution in [1.29, 1.82) is 0 Å². The second-order valence-corrected chi connectivity index (χ2v) is 16.6. The van der Waals surface area contributed by atoms with Gasteiger partial charge in [0.2, 0.25) is 5.91 Å². The van der Waals surface area contributed by atoms with Gasteiger partial charge in [-0.15, -0.1) is 0 Å². The molecule has 3 unspecified atom stereocenters. The molecule has 1 amide bonds. The van der Waals surface area contributed by atoms with Crippen LogP contribution in [0, 0.1) is 0 Å². The molecular weight excluding hydrogens is 635 g/mol. The number of unbranched alkanes of at least 4 members (excludes halogenated alkanes) is 30. The first kappa shape index (κ1) is 48.3. The van der Waals surface area contributed by atoms with Crippen molar-refractivity contribution in [3.63, 3.8) is 0 Å². The van der Waals surface area contributed by atoms with Gasteiger partial charge < -0.3 is 15.5 Å². The highest BCUT2D eigenvalue weighted by atomic mass is 32.2. The number of carbonyl (C=O) groups excluding carboxylic acids is 1. The summed E-state index contributed by atoms with van der Waals surface area (Å²) in [5, 5.41) is 23.5. The average molecular weight is 718 g/mol. The fourth-order valence-electron chi connectivity index (χ4n) is 6.87. The fraction of sp³-hybridized carbons (Fsp3) is 0.976. The smallest absolute Gasteiger partial charge is 0.266 e. The van der Waals surface area contributed by atoms with Crippen LogP contribution in [0.2, 0.25) is 0 Å². The van der Waals surface area contributed by atoms with Crippen LogP contribution < -0.4 is 5.32 Å². The number of hydrogen-bond acceptors (Lipinski definition) is 5. The number of nitrogens with one attached hydrogen (secondary N) is 1. The van der Waals surface area contributed by atoms with E-state index in [1.807, 2.05) is 0 Å². The van der Waals surface area contributed by atoms with Crippen molar-refractivity contribution in [2.45, 2.75) is 250 Å². The summed E-state index contributed by atoms with van der Waals surface area (Å²) in [7, 11) is -4.40. The van der Waals surface area contributed by atoms with Crippen LogP contribution in [0.4, 0.5) is 0 Å². The minimum absolute atomic E-state index is 0.304. The number of rotatable bonds is 39. The molecule has 49 heavy (non-hydrogen) atoms. The summed E-state index contributed by atoms with van der Waals surface area (Å²) in [5.41, 5.74) is 0. The Morgan fingerprint density at radius 2 is 0.735 bits per heavy atom. The first-order valence-corrected chi connectivity index (χ1v) is 22.9. The average Bonchev–Trinajstić information content (AvgIpc) is 3.06. The molecule has 294 valence electrons. The lowest BCUT2D eigenvalue weighted by Gasteiger charge is -2.24. The maximum Gasteiger partial charge on any atom is 0.266 e. The lowest BCUT2D eigenvalue weighted by molar-refractivity contribution is -0.131. The zero-order valence-corrected chi connectivity index (χ0v) is 33.3. The summed E-state index contributed by atoms with van der Waals surface area (Å²) in [5.74, 6) is -1.44. The molecule has 0 radical (unpaired) electrons. The van der Waals surface area contributed by atoms with Crippen LogP contribution in [0.3, 0.4) is 0 Å². The van der Waals surface area contributed by atoms with Crippen LogP contribution in [0.25, 0.3) is 0 Å². The number of hydrogen-bond donors (Lipinski definition) is 4. The summed E-state index contributed by atoms with van der Waals surface area (Å²) < 4.78 is 32.5. The van der Waals surface area contributed by atoms with E-state index in [1.54, 1.807) is 0 Å². The predicted molar refractivity (Wildman–Crippen MR) is 209 cm³/mol. The minimum Gasteiger partial charge on any atom is -0.391 e. The summed E-state index contributed by atoms with van der Waals surface area (Å²) in [4.78, 5) is 12.6. The van der Waals surface area contributed by atoms with Crippen molar-refractivity contribution in [2.75, 3.05) is 5.75 Å². The molecule has 0 spiro atoms. The van der Waals surface area contributed by atoms with Gasteiger partial charge in [0, 0.05) is 0 Å². The Labute approximate surface area is 304 Å². The van der Waals surface area contributed by atoms with Crippen LogP contribution >= 0.6 is 0 Å². The van der Waals surface area contributed by atoms with Gasteiger partial charge in [-0.2, -0.15) is 8.42 Å². The van der Waals surface area contributed by atoms with E-state index in [1.165, 1.54) is 161 Å². The lowest BCUT2D eigenvalue weighted by Crippen LogP contribution is -2.50. The molecule has 0 aromatic heterocycles. The molecule has 0 aliphatic heterocycles. The van der Waals surface area contributed by atoms with Crippen LogP contribution in [0.15, 0.2) is 0 Å². The zero-order chi connectivity index (χ0) is 36.3. The van der Waals surface area contributed by atoms with Gasteiger partial charge >= 0.3 is 0 Å². The molecule has 0 aliphatic carbocycles. The van der Waals surface area contributed by atoms with Gasteiger partial charge in [-0.1, -0.05) is 219 Å². The van der Waals surface area contributed by atoms with Crippen LogP contribution in [0.5, 0.6) is 0 Å². The Bertz CT molecular complexity index is 808. The van der Waals surface area contributed by atoms with Crippen LogP contribution in [0.1, 0.15) is 232 Å². The summed E-state index contributed by atoms with van der Waals surface area (Å²) in [6.45, 7) is 4.50. The summed E-state index contributed by atoms with van der Waals surface area (Å²) in [6.07, 6.45) is 38.5. The number of carbonyl (C=O) groups is 1. The zero-order valence-electron chi connectivity index (χ0n) is 32.5. The van der Waals surface area contributed by atoms with E-state index < -0.39 is 40.0 Å². The third-order valence-corrected chi connectivity index (χ3v) is 10.9. The van der Waals surface area contributed by atoms with E-state index in [9.17, 15) is 28.0 Å². The molecule has 4 N–H and O–H groups in total. The van der Waals surface area contributed by atoms with E-state index in [0.29, 0.717) is 12.8 Å². The highest BCUT2D eigenvalue weighted by Gasteiger charge is 2.28. The number of aliphatic hydroxyl groups excluding tert-OH is 2. The van der Waals surface area contributed by atoms with E-state index in [0.717, 1.165) is 44.9 Å². The van der Waals surface area contributed by atoms with E-state index in [4.69, 9.17) is 0 Å². The van der Waals surface area contributed by atoms with E-state index in [-0.39, 0.29) is 0 Å². The van der Waals surface area contributed by atoms with Gasteiger partial charge in [-0.3, -0.25) is 9.35 Å². The third-order valence-electron chi connectivity index (χ3n) is 10.2. The molecule has 0 aromatic rings. The van der Waals surface area contributed by atoms with Crippen LogP contribution in [-0.4, -0.2) is 53.1 Å². The monoisotopic (exact) mass is 718 g/mol. The Morgan fingerprint density at radius 1 is 0.469 bits per heavy atom. The largest absolute Gasteiger partial charge is 0.391 e. The minimum atomic E-state index is -4.40. The van der Waals surface area contributed by atoms with Crippen molar-refractivity contribution in [1.82, 2.24) is 5.32 Å². The van der Waals surface area contributed by atoms with Crippen molar-refractivity contribution in [3.8, 4) is 0 Å².